The van der Waals surface area contributed by atoms with Crippen molar-refractivity contribution in [1.82, 2.24) is 0 Å². The molecule has 0 saturated carbocycles. The number of para-hydroxylation sites is 1. The predicted octanol–water partition coefficient (Wildman–Crippen LogP) is 5.22. The Morgan fingerprint density at radius 1 is 1.17 bits per heavy atom. The number of nitrogens with one attached hydrogen (secondary N) is 1. The highest BCUT2D eigenvalue weighted by molar-refractivity contribution is 6.32. The number of anilines is 1. The highest BCUT2D eigenvalue weighted by Crippen LogP contribution is 2.36. The van der Waals surface area contributed by atoms with E-state index < -0.39 is 0 Å². The largest absolute Gasteiger partial charge is 0.490 e. The number of ether oxygens (including phenoxy) is 2. The Balaban J connectivity index is 2.15. The van der Waals surface area contributed by atoms with Crippen LogP contribution >= 0.6 is 11.6 Å². The fourth-order valence-corrected chi connectivity index (χ4v) is 2.28. The molecule has 0 aliphatic carbocycles. The molecule has 1 N–H and O–H groups in total. The first-order valence-electron chi connectivity index (χ1n) is 8.03. The Hall–Kier alpha value is -2.20. The van der Waals surface area contributed by atoms with Gasteiger partial charge < -0.3 is 9.47 Å². The summed E-state index contributed by atoms with van der Waals surface area (Å²) in [6.07, 6.45) is 1.70. The third-order valence-electron chi connectivity index (χ3n) is 3.07. The lowest BCUT2D eigenvalue weighted by Crippen LogP contribution is -2.07. The molecule has 0 atom stereocenters. The summed E-state index contributed by atoms with van der Waals surface area (Å²) in [6, 6.07) is 13.4. The maximum atomic E-state index is 6.36. The van der Waals surface area contributed by atoms with Gasteiger partial charge in [-0.2, -0.15) is 5.10 Å². The van der Waals surface area contributed by atoms with E-state index in [1.165, 1.54) is 0 Å². The molecule has 0 aliphatic heterocycles. The van der Waals surface area contributed by atoms with Gasteiger partial charge in [0.25, 0.3) is 0 Å². The molecule has 0 bridgehead atoms. The molecule has 2 aromatic carbocycles. The molecule has 0 aliphatic rings. The van der Waals surface area contributed by atoms with E-state index in [4.69, 9.17) is 21.1 Å². The molecule has 0 saturated heterocycles. The first kappa shape index (κ1) is 18.1. The van der Waals surface area contributed by atoms with Crippen molar-refractivity contribution in [3.8, 4) is 11.5 Å². The molecule has 0 aromatic heterocycles. The number of hydrogen-bond acceptors (Lipinski definition) is 4. The second kappa shape index (κ2) is 9.18. The monoisotopic (exact) mass is 346 g/mol. The van der Waals surface area contributed by atoms with Crippen molar-refractivity contribution in [3.05, 3.63) is 53.1 Å². The van der Waals surface area contributed by atoms with E-state index in [0.717, 1.165) is 11.3 Å². The fraction of sp³-hybridized carbons (Fsp3) is 0.316. The van der Waals surface area contributed by atoms with Crippen LogP contribution in [0.3, 0.4) is 0 Å². The molecule has 0 fully saturated rings. The van der Waals surface area contributed by atoms with E-state index in [1.807, 2.05) is 49.4 Å². The summed E-state index contributed by atoms with van der Waals surface area (Å²) in [5.74, 6) is 1.62. The van der Waals surface area contributed by atoms with E-state index in [0.29, 0.717) is 35.7 Å². The highest BCUT2D eigenvalue weighted by atomic mass is 35.5. The van der Waals surface area contributed by atoms with Crippen molar-refractivity contribution >= 4 is 23.5 Å². The summed E-state index contributed by atoms with van der Waals surface area (Å²) in [4.78, 5) is 0. The summed E-state index contributed by atoms with van der Waals surface area (Å²) >= 11 is 6.36. The topological polar surface area (TPSA) is 42.8 Å². The van der Waals surface area contributed by atoms with Gasteiger partial charge in [-0.3, -0.25) is 5.43 Å². The summed E-state index contributed by atoms with van der Waals surface area (Å²) in [6.45, 7) is 7.23. The molecule has 0 radical (unpaired) electrons. The molecule has 5 heteroatoms. The first-order valence-corrected chi connectivity index (χ1v) is 8.41. The van der Waals surface area contributed by atoms with Crippen LogP contribution in [-0.2, 0) is 0 Å². The van der Waals surface area contributed by atoms with Crippen molar-refractivity contribution < 1.29 is 9.47 Å². The number of benzene rings is 2. The van der Waals surface area contributed by atoms with E-state index in [2.05, 4.69) is 24.4 Å². The van der Waals surface area contributed by atoms with Crippen LogP contribution in [0, 0.1) is 5.92 Å². The Morgan fingerprint density at radius 2 is 1.92 bits per heavy atom. The van der Waals surface area contributed by atoms with E-state index in [9.17, 15) is 0 Å². The van der Waals surface area contributed by atoms with Crippen LogP contribution in [0.1, 0.15) is 26.3 Å². The fourth-order valence-electron chi connectivity index (χ4n) is 2.01. The third-order valence-corrected chi connectivity index (χ3v) is 3.35. The van der Waals surface area contributed by atoms with Gasteiger partial charge in [0.05, 0.1) is 30.1 Å². The normalized spacial score (nSPS) is 11.0. The van der Waals surface area contributed by atoms with Gasteiger partial charge >= 0.3 is 0 Å². The summed E-state index contributed by atoms with van der Waals surface area (Å²) in [5, 5.41) is 4.74. The molecule has 24 heavy (non-hydrogen) atoms. The van der Waals surface area contributed by atoms with E-state index in [-0.39, 0.29) is 0 Å². The van der Waals surface area contributed by atoms with Crippen molar-refractivity contribution in [3.63, 3.8) is 0 Å². The summed E-state index contributed by atoms with van der Waals surface area (Å²) in [7, 11) is 0. The zero-order chi connectivity index (χ0) is 17.4. The Morgan fingerprint density at radius 3 is 2.58 bits per heavy atom. The molecule has 2 rings (SSSR count). The van der Waals surface area contributed by atoms with Crippen LogP contribution < -0.4 is 14.9 Å². The van der Waals surface area contributed by atoms with Crippen LogP contribution in [0.2, 0.25) is 5.02 Å². The van der Waals surface area contributed by atoms with Gasteiger partial charge in [0, 0.05) is 0 Å². The van der Waals surface area contributed by atoms with Crippen LogP contribution in [-0.4, -0.2) is 19.4 Å². The molecule has 128 valence electrons. The quantitative estimate of drug-likeness (QED) is 0.526. The first-order chi connectivity index (χ1) is 11.6. The lowest BCUT2D eigenvalue weighted by Gasteiger charge is -2.15. The zero-order valence-corrected chi connectivity index (χ0v) is 15.0. The van der Waals surface area contributed by atoms with Crippen molar-refractivity contribution in [2.75, 3.05) is 18.6 Å². The Kier molecular flexibility index (Phi) is 6.94. The number of hydrogen-bond donors (Lipinski definition) is 1. The number of nitrogens with zero attached hydrogens (tertiary/aromatic N) is 1. The second-order valence-corrected chi connectivity index (χ2v) is 6.11. The standard InChI is InChI=1S/C19H23ClN2O2/c1-4-23-18-11-15(10-17(20)19(18)24-13-14(2)3)12-21-22-16-8-6-5-7-9-16/h5-12,14,22H,4,13H2,1-3H3/b21-12+. The van der Waals surface area contributed by atoms with Gasteiger partial charge in [-0.25, -0.2) is 0 Å². The minimum atomic E-state index is 0.409. The Bertz CT molecular complexity index is 673. The summed E-state index contributed by atoms with van der Waals surface area (Å²) in [5.41, 5.74) is 4.73. The Labute approximate surface area is 148 Å². The van der Waals surface area contributed by atoms with E-state index in [1.54, 1.807) is 6.21 Å². The number of hydrazone groups is 1. The van der Waals surface area contributed by atoms with Gasteiger partial charge in [-0.1, -0.05) is 43.6 Å². The second-order valence-electron chi connectivity index (χ2n) is 5.70. The van der Waals surface area contributed by atoms with Gasteiger partial charge in [0.15, 0.2) is 11.5 Å². The van der Waals surface area contributed by atoms with Crippen LogP contribution in [0.15, 0.2) is 47.6 Å². The average Bonchev–Trinajstić information content (AvgIpc) is 2.55. The number of rotatable bonds is 8. The molecule has 0 amide bonds. The zero-order valence-electron chi connectivity index (χ0n) is 14.3. The van der Waals surface area contributed by atoms with Gasteiger partial charge in [-0.05, 0) is 42.7 Å². The maximum absolute atomic E-state index is 6.36. The smallest absolute Gasteiger partial charge is 0.179 e. The molecule has 2 aromatic rings. The van der Waals surface area contributed by atoms with Crippen LogP contribution in [0.5, 0.6) is 11.5 Å². The molecular formula is C19H23ClN2O2. The molecule has 0 spiro atoms. The van der Waals surface area contributed by atoms with Crippen LogP contribution in [0.4, 0.5) is 5.69 Å². The van der Waals surface area contributed by atoms with Gasteiger partial charge in [-0.15, -0.1) is 0 Å². The van der Waals surface area contributed by atoms with Crippen LogP contribution in [0.25, 0.3) is 0 Å². The van der Waals surface area contributed by atoms with Gasteiger partial charge in [0.2, 0.25) is 0 Å². The number of halogens is 1. The molecule has 0 unspecified atom stereocenters. The average molecular weight is 347 g/mol. The molecule has 4 nitrogen and oxygen atoms in total. The lowest BCUT2D eigenvalue weighted by atomic mass is 10.2. The van der Waals surface area contributed by atoms with Crippen molar-refractivity contribution in [2.45, 2.75) is 20.8 Å². The predicted molar refractivity (Wildman–Crippen MR) is 101 cm³/mol. The summed E-state index contributed by atoms with van der Waals surface area (Å²) < 4.78 is 11.5. The van der Waals surface area contributed by atoms with E-state index >= 15 is 0 Å². The third kappa shape index (κ3) is 5.46. The highest BCUT2D eigenvalue weighted by Gasteiger charge is 2.12. The maximum Gasteiger partial charge on any atom is 0.179 e. The van der Waals surface area contributed by atoms with Gasteiger partial charge in [0.1, 0.15) is 0 Å². The van der Waals surface area contributed by atoms with Crippen molar-refractivity contribution in [1.29, 1.82) is 0 Å². The van der Waals surface area contributed by atoms with Crippen molar-refractivity contribution in [2.24, 2.45) is 11.0 Å². The molecular weight excluding hydrogens is 324 g/mol. The SMILES string of the molecule is CCOc1cc(/C=N/Nc2ccccc2)cc(Cl)c1OCC(C)C. The lowest BCUT2D eigenvalue weighted by molar-refractivity contribution is 0.248. The minimum Gasteiger partial charge on any atom is -0.490 e. The minimum absolute atomic E-state index is 0.409. The molecule has 0 heterocycles.